The van der Waals surface area contributed by atoms with Gasteiger partial charge in [-0.3, -0.25) is 4.68 Å². The fraction of sp³-hybridized carbons (Fsp3) is 0.556. The molecule has 96 valence electrons. The van der Waals surface area contributed by atoms with E-state index in [1.807, 2.05) is 0 Å². The van der Waals surface area contributed by atoms with Crippen molar-refractivity contribution in [3.8, 4) is 0 Å². The van der Waals surface area contributed by atoms with Crippen LogP contribution in [0.25, 0.3) is 0 Å². The molecule has 0 bridgehead atoms. The molecular formula is C9H10ClF3N2O2. The third-order valence-corrected chi connectivity index (χ3v) is 2.15. The molecule has 0 radical (unpaired) electrons. The van der Waals surface area contributed by atoms with Gasteiger partial charge in [0.05, 0.1) is 30.8 Å². The van der Waals surface area contributed by atoms with Crippen molar-refractivity contribution in [2.24, 2.45) is 0 Å². The number of alkyl halides is 3. The van der Waals surface area contributed by atoms with Crippen molar-refractivity contribution in [1.82, 2.24) is 9.78 Å². The highest BCUT2D eigenvalue weighted by Gasteiger charge is 2.28. The van der Waals surface area contributed by atoms with Crippen LogP contribution in [0.2, 0.25) is 5.02 Å². The normalized spacial score (nSPS) is 11.6. The van der Waals surface area contributed by atoms with Gasteiger partial charge < -0.3 is 4.74 Å². The molecule has 0 saturated heterocycles. The second kappa shape index (κ2) is 5.39. The van der Waals surface area contributed by atoms with Gasteiger partial charge in [0.2, 0.25) is 0 Å². The van der Waals surface area contributed by atoms with Crippen molar-refractivity contribution in [2.45, 2.75) is 26.1 Å². The lowest BCUT2D eigenvalue weighted by Crippen LogP contribution is -2.18. The predicted octanol–water partition coefficient (Wildman–Crippen LogP) is 2.67. The maximum Gasteiger partial charge on any atom is 0.390 e. The lowest BCUT2D eigenvalue weighted by molar-refractivity contribution is -0.137. The van der Waals surface area contributed by atoms with Crippen LogP contribution in [0.5, 0.6) is 0 Å². The second-order valence-electron chi connectivity index (χ2n) is 3.15. The van der Waals surface area contributed by atoms with Crippen molar-refractivity contribution in [3.63, 3.8) is 0 Å². The Kier molecular flexibility index (Phi) is 4.39. The van der Waals surface area contributed by atoms with E-state index in [1.54, 1.807) is 6.92 Å². The van der Waals surface area contributed by atoms with Crippen LogP contribution in [0, 0.1) is 0 Å². The van der Waals surface area contributed by atoms with Gasteiger partial charge in [0.1, 0.15) is 0 Å². The number of aromatic nitrogens is 2. The zero-order chi connectivity index (χ0) is 13.1. The van der Waals surface area contributed by atoms with Crippen LogP contribution in [0.4, 0.5) is 13.2 Å². The van der Waals surface area contributed by atoms with Crippen LogP contribution >= 0.6 is 11.6 Å². The Morgan fingerprint density at radius 2 is 2.24 bits per heavy atom. The molecule has 0 aromatic carbocycles. The first-order valence-corrected chi connectivity index (χ1v) is 5.18. The minimum atomic E-state index is -4.32. The smallest absolute Gasteiger partial charge is 0.390 e. The number of aryl methyl sites for hydroxylation is 1. The second-order valence-corrected chi connectivity index (χ2v) is 3.56. The van der Waals surface area contributed by atoms with E-state index in [2.05, 4.69) is 9.84 Å². The van der Waals surface area contributed by atoms with Crippen LogP contribution in [-0.2, 0) is 11.3 Å². The van der Waals surface area contributed by atoms with E-state index in [0.717, 1.165) is 10.9 Å². The molecule has 8 heteroatoms. The fourth-order valence-corrected chi connectivity index (χ4v) is 1.39. The van der Waals surface area contributed by atoms with Crippen LogP contribution in [0.3, 0.4) is 0 Å². The Morgan fingerprint density at radius 1 is 1.59 bits per heavy atom. The van der Waals surface area contributed by atoms with E-state index >= 15 is 0 Å². The first kappa shape index (κ1) is 13.8. The fourth-order valence-electron chi connectivity index (χ4n) is 1.17. The zero-order valence-electron chi connectivity index (χ0n) is 8.92. The number of rotatable bonds is 4. The molecule has 1 heterocycles. The molecule has 0 amide bonds. The molecule has 0 N–H and O–H groups in total. The van der Waals surface area contributed by atoms with Crippen molar-refractivity contribution < 1.29 is 22.7 Å². The predicted molar refractivity (Wildman–Crippen MR) is 53.9 cm³/mol. The Balaban J connectivity index is 2.83. The number of esters is 1. The highest BCUT2D eigenvalue weighted by Crippen LogP contribution is 2.22. The average Bonchev–Trinajstić information content (AvgIpc) is 2.56. The summed E-state index contributed by atoms with van der Waals surface area (Å²) in [5.41, 5.74) is -0.155. The quantitative estimate of drug-likeness (QED) is 0.790. The summed E-state index contributed by atoms with van der Waals surface area (Å²) in [6.45, 7) is 1.23. The van der Waals surface area contributed by atoms with Gasteiger partial charge in [-0.1, -0.05) is 11.6 Å². The Hall–Kier alpha value is -1.24. The van der Waals surface area contributed by atoms with Gasteiger partial charge in [-0.05, 0) is 6.92 Å². The molecule has 1 rings (SSSR count). The molecule has 1 aromatic heterocycles. The van der Waals surface area contributed by atoms with Crippen molar-refractivity contribution in [2.75, 3.05) is 6.61 Å². The minimum Gasteiger partial charge on any atom is -0.461 e. The molecule has 0 spiro atoms. The van der Waals surface area contributed by atoms with Crippen LogP contribution < -0.4 is 0 Å². The first-order chi connectivity index (χ1) is 7.85. The van der Waals surface area contributed by atoms with Gasteiger partial charge in [0.25, 0.3) is 0 Å². The minimum absolute atomic E-state index is 0.0226. The van der Waals surface area contributed by atoms with E-state index < -0.39 is 25.1 Å². The lowest BCUT2D eigenvalue weighted by Gasteiger charge is -2.09. The molecule has 0 saturated carbocycles. The van der Waals surface area contributed by atoms with Gasteiger partial charge in [0.15, 0.2) is 5.69 Å². The number of ether oxygens (including phenoxy) is 1. The standard InChI is InChI=1S/C9H10ClF3N2O2/c1-2-17-8(16)7-6(10)5-14-15(7)4-3-9(11,12)13/h5H,2-4H2,1H3. The highest BCUT2D eigenvalue weighted by molar-refractivity contribution is 6.33. The number of halogens is 4. The summed E-state index contributed by atoms with van der Waals surface area (Å²) in [6.07, 6.45) is -4.29. The van der Waals surface area contributed by atoms with E-state index in [4.69, 9.17) is 11.6 Å². The Morgan fingerprint density at radius 3 is 2.76 bits per heavy atom. The number of hydrogen-bond acceptors (Lipinski definition) is 3. The van der Waals surface area contributed by atoms with E-state index in [-0.39, 0.29) is 17.3 Å². The van der Waals surface area contributed by atoms with Gasteiger partial charge in [-0.25, -0.2) is 4.79 Å². The van der Waals surface area contributed by atoms with E-state index in [1.165, 1.54) is 0 Å². The molecule has 0 aliphatic carbocycles. The van der Waals surface area contributed by atoms with Gasteiger partial charge in [-0.2, -0.15) is 18.3 Å². The van der Waals surface area contributed by atoms with Crippen LogP contribution in [0.15, 0.2) is 6.20 Å². The molecule has 0 aliphatic heterocycles. The highest BCUT2D eigenvalue weighted by atomic mass is 35.5. The molecule has 0 aliphatic rings. The van der Waals surface area contributed by atoms with E-state index in [0.29, 0.717) is 0 Å². The van der Waals surface area contributed by atoms with Crippen LogP contribution in [0.1, 0.15) is 23.8 Å². The third kappa shape index (κ3) is 3.92. The van der Waals surface area contributed by atoms with Gasteiger partial charge in [-0.15, -0.1) is 0 Å². The molecule has 0 unspecified atom stereocenters. The molecule has 0 fully saturated rings. The summed E-state index contributed by atoms with van der Waals surface area (Å²) in [7, 11) is 0. The van der Waals surface area contributed by atoms with Gasteiger partial charge in [0, 0.05) is 0 Å². The molecule has 0 atom stereocenters. The topological polar surface area (TPSA) is 44.1 Å². The average molecular weight is 271 g/mol. The Labute approximate surface area is 100 Å². The molecule has 17 heavy (non-hydrogen) atoms. The maximum atomic E-state index is 12.0. The third-order valence-electron chi connectivity index (χ3n) is 1.87. The number of carbonyl (C=O) groups excluding carboxylic acids is 1. The van der Waals surface area contributed by atoms with E-state index in [9.17, 15) is 18.0 Å². The van der Waals surface area contributed by atoms with Crippen molar-refractivity contribution in [3.05, 3.63) is 16.9 Å². The number of hydrogen-bond donors (Lipinski definition) is 0. The SMILES string of the molecule is CCOC(=O)c1c(Cl)cnn1CCC(F)(F)F. The largest absolute Gasteiger partial charge is 0.461 e. The summed E-state index contributed by atoms with van der Waals surface area (Å²) < 4.78 is 41.7. The summed E-state index contributed by atoms with van der Waals surface area (Å²) >= 11 is 5.66. The number of carbonyl (C=O) groups is 1. The van der Waals surface area contributed by atoms with Crippen molar-refractivity contribution >= 4 is 17.6 Å². The first-order valence-electron chi connectivity index (χ1n) is 4.80. The lowest BCUT2D eigenvalue weighted by atomic mass is 10.4. The summed E-state index contributed by atoms with van der Waals surface area (Å²) in [4.78, 5) is 11.4. The molecule has 1 aromatic rings. The maximum absolute atomic E-state index is 12.0. The monoisotopic (exact) mass is 270 g/mol. The molecular weight excluding hydrogens is 261 g/mol. The molecule has 4 nitrogen and oxygen atoms in total. The number of nitrogens with zero attached hydrogens (tertiary/aromatic N) is 2. The zero-order valence-corrected chi connectivity index (χ0v) is 9.68. The summed E-state index contributed by atoms with van der Waals surface area (Å²) in [5, 5.41) is 3.58. The summed E-state index contributed by atoms with van der Waals surface area (Å²) in [5.74, 6) is -0.780. The van der Waals surface area contributed by atoms with Gasteiger partial charge >= 0.3 is 12.1 Å². The summed E-state index contributed by atoms with van der Waals surface area (Å²) in [6, 6.07) is 0. The Bertz CT molecular complexity index is 403. The van der Waals surface area contributed by atoms with Crippen molar-refractivity contribution in [1.29, 1.82) is 0 Å². The van der Waals surface area contributed by atoms with Crippen LogP contribution in [-0.4, -0.2) is 28.5 Å².